The van der Waals surface area contributed by atoms with Gasteiger partial charge in [-0.2, -0.15) is 5.10 Å². The van der Waals surface area contributed by atoms with Crippen LogP contribution in [0.25, 0.3) is 10.9 Å². The molecule has 5 aromatic rings. The number of carbonyl (C=O) groups is 2. The van der Waals surface area contributed by atoms with Crippen LogP contribution in [-0.4, -0.2) is 83.5 Å². The van der Waals surface area contributed by atoms with E-state index in [-0.39, 0.29) is 24.7 Å². The first-order valence-corrected chi connectivity index (χ1v) is 23.3. The number of urea groups is 1. The van der Waals surface area contributed by atoms with E-state index in [4.69, 9.17) is 18.9 Å². The van der Waals surface area contributed by atoms with E-state index in [1.807, 2.05) is 89.1 Å². The first-order chi connectivity index (χ1) is 26.9. The Bertz CT molecular complexity index is 2120. The number of aromatic nitrogens is 2. The second kappa shape index (κ2) is 16.7. The quantitative estimate of drug-likeness (QED) is 0.0637. The van der Waals surface area contributed by atoms with Crippen LogP contribution in [0.5, 0.6) is 0 Å². The van der Waals surface area contributed by atoms with Crippen molar-refractivity contribution < 1.29 is 28.5 Å². The molecular weight excluding hydrogens is 721 g/mol. The topological polar surface area (TPSA) is 95.4 Å². The van der Waals surface area contributed by atoms with Gasteiger partial charge in [-0.1, -0.05) is 98.5 Å². The van der Waals surface area contributed by atoms with E-state index in [1.165, 1.54) is 7.11 Å². The number of hydrogen-bond acceptors (Lipinski definition) is 7. The average Bonchev–Trinajstić information content (AvgIpc) is 3.73. The third-order valence-electron chi connectivity index (χ3n) is 10.8. The molecule has 0 N–H and O–H groups in total. The summed E-state index contributed by atoms with van der Waals surface area (Å²) in [5.74, 6) is -1.31. The Morgan fingerprint density at radius 1 is 0.768 bits per heavy atom. The van der Waals surface area contributed by atoms with Gasteiger partial charge >= 0.3 is 12.0 Å². The van der Waals surface area contributed by atoms with Gasteiger partial charge < -0.3 is 28.7 Å². The molecule has 2 fully saturated rings. The van der Waals surface area contributed by atoms with E-state index in [1.54, 1.807) is 6.07 Å². The monoisotopic (exact) mass is 774 g/mol. The Kier molecular flexibility index (Phi) is 11.8. The zero-order valence-electron chi connectivity index (χ0n) is 33.4. The number of carbonyl (C=O) groups excluding carboxylic acids is 2. The molecule has 2 aliphatic rings. The van der Waals surface area contributed by atoms with Crippen LogP contribution in [0.1, 0.15) is 46.5 Å². The first-order valence-electron chi connectivity index (χ1n) is 19.6. The lowest BCUT2D eigenvalue weighted by atomic mass is 9.91. The Morgan fingerprint density at radius 2 is 1.34 bits per heavy atom. The number of amides is 2. The number of rotatable bonds is 14. The smallest absolute Gasteiger partial charge is 0.337 e. The van der Waals surface area contributed by atoms with Crippen LogP contribution < -0.4 is 0 Å². The Morgan fingerprint density at radius 3 is 1.91 bits per heavy atom. The van der Waals surface area contributed by atoms with Crippen molar-refractivity contribution in [3.05, 3.63) is 137 Å². The van der Waals surface area contributed by atoms with Crippen LogP contribution in [0.4, 0.5) is 4.79 Å². The normalized spacial score (nSPS) is 20.9. The highest BCUT2D eigenvalue weighted by Gasteiger charge is 2.55. The first kappa shape index (κ1) is 39.4. The third-order valence-corrected chi connectivity index (χ3v) is 12.5. The van der Waals surface area contributed by atoms with Crippen molar-refractivity contribution in [2.75, 3.05) is 13.7 Å². The van der Waals surface area contributed by atoms with E-state index >= 15 is 4.79 Å². The van der Waals surface area contributed by atoms with Crippen LogP contribution in [0.3, 0.4) is 0 Å². The number of benzene rings is 4. The summed E-state index contributed by atoms with van der Waals surface area (Å²) in [6, 6.07) is 34.3. The summed E-state index contributed by atoms with van der Waals surface area (Å²) in [5, 5.41) is 5.64. The minimum Gasteiger partial charge on any atom is -0.465 e. The van der Waals surface area contributed by atoms with E-state index in [9.17, 15) is 4.79 Å². The van der Waals surface area contributed by atoms with Crippen LogP contribution in [0, 0.1) is 0 Å². The molecule has 0 saturated carbocycles. The van der Waals surface area contributed by atoms with Gasteiger partial charge in [-0.05, 0) is 79.3 Å². The SMILES string of the molecule is COC(=O)c1cccc(CN2C(=O)N(Cc3ccc4c(cnn4COCC[Si](C)(C)C)c3)[C@H](Cc3ccccc3)[C@@H]3OC(C)(C)O[C@H]3[C@H]2Cc2ccccc2)c1. The highest BCUT2D eigenvalue weighted by Crippen LogP contribution is 2.40. The number of nitrogens with zero attached hydrogens (tertiary/aromatic N) is 4. The van der Waals surface area contributed by atoms with Crippen molar-refractivity contribution >= 4 is 31.0 Å². The molecule has 0 aliphatic carbocycles. The number of methoxy groups -OCH3 is 1. The second-order valence-electron chi connectivity index (χ2n) is 16.7. The highest BCUT2D eigenvalue weighted by molar-refractivity contribution is 6.76. The fourth-order valence-electron chi connectivity index (χ4n) is 7.92. The Hall–Kier alpha value is -4.81. The maximum atomic E-state index is 15.5. The van der Waals surface area contributed by atoms with Gasteiger partial charge in [-0.3, -0.25) is 0 Å². The maximum absolute atomic E-state index is 15.5. The number of hydrogen-bond donors (Lipinski definition) is 0. The van der Waals surface area contributed by atoms with E-state index in [0.717, 1.165) is 39.2 Å². The van der Waals surface area contributed by atoms with Gasteiger partial charge in [0.25, 0.3) is 0 Å². The fraction of sp³-hybridized carbons (Fsp3) is 0.400. The van der Waals surface area contributed by atoms with Crippen molar-refractivity contribution in [2.45, 2.75) is 102 Å². The van der Waals surface area contributed by atoms with Crippen LogP contribution >= 0.6 is 0 Å². The zero-order valence-corrected chi connectivity index (χ0v) is 34.4. The van der Waals surface area contributed by atoms with Crippen molar-refractivity contribution in [3.8, 4) is 0 Å². The molecule has 2 amide bonds. The molecule has 2 saturated heterocycles. The molecule has 4 atom stereocenters. The molecule has 0 spiro atoms. The van der Waals surface area contributed by atoms with Crippen molar-refractivity contribution in [1.29, 1.82) is 0 Å². The van der Waals surface area contributed by atoms with Gasteiger partial charge in [-0.25, -0.2) is 14.3 Å². The fourth-order valence-corrected chi connectivity index (χ4v) is 8.68. The Labute approximate surface area is 331 Å². The summed E-state index contributed by atoms with van der Waals surface area (Å²) < 4.78 is 26.7. The number of ether oxygens (including phenoxy) is 4. The standard InChI is InChI=1S/C45H54N4O6Si/c1-45(2)54-41-39(26-32-14-9-7-10-15-32)47(29-34-18-13-19-36(24-34)43(50)52-3)44(51)48(40(42(41)55-45)27-33-16-11-8-12-17-33)30-35-20-21-38-37(25-35)28-46-49(38)31-53-22-23-56(4,5)6/h7-21,24-25,28,39-42H,22-23,26-27,29-31H2,1-6H3/t39-,40-,41+,42+/m1/s1. The summed E-state index contributed by atoms with van der Waals surface area (Å²) in [6.45, 7) is 12.7. The van der Waals surface area contributed by atoms with Crippen LogP contribution in [0.2, 0.25) is 25.7 Å². The van der Waals surface area contributed by atoms with Crippen molar-refractivity contribution in [1.82, 2.24) is 19.6 Å². The van der Waals surface area contributed by atoms with Gasteiger partial charge in [0, 0.05) is 33.2 Å². The van der Waals surface area contributed by atoms with Gasteiger partial charge in [0.1, 0.15) is 18.9 Å². The largest absolute Gasteiger partial charge is 0.465 e. The van der Waals surface area contributed by atoms with E-state index < -0.39 is 32.0 Å². The molecule has 11 heteroatoms. The molecule has 294 valence electrons. The molecule has 7 rings (SSSR count). The lowest BCUT2D eigenvalue weighted by molar-refractivity contribution is -0.157. The highest BCUT2D eigenvalue weighted by atomic mass is 28.3. The van der Waals surface area contributed by atoms with Crippen molar-refractivity contribution in [2.24, 2.45) is 0 Å². The predicted molar refractivity (Wildman–Crippen MR) is 220 cm³/mol. The molecular formula is C45H54N4O6Si. The summed E-state index contributed by atoms with van der Waals surface area (Å²) in [6.07, 6.45) is 2.12. The van der Waals surface area contributed by atoms with Gasteiger partial charge in [0.2, 0.25) is 0 Å². The molecule has 1 aromatic heterocycles. The minimum atomic E-state index is -1.20. The molecule has 4 aromatic carbocycles. The summed E-state index contributed by atoms with van der Waals surface area (Å²) in [4.78, 5) is 32.1. The minimum absolute atomic E-state index is 0.124. The van der Waals surface area contributed by atoms with Crippen LogP contribution in [0.15, 0.2) is 109 Å². The third kappa shape index (κ3) is 9.24. The zero-order chi connectivity index (χ0) is 39.5. The second-order valence-corrected chi connectivity index (χ2v) is 22.3. The summed E-state index contributed by atoms with van der Waals surface area (Å²) in [5.41, 5.74) is 5.40. The van der Waals surface area contributed by atoms with Crippen LogP contribution in [-0.2, 0) is 51.6 Å². The van der Waals surface area contributed by atoms with Crippen molar-refractivity contribution in [3.63, 3.8) is 0 Å². The van der Waals surface area contributed by atoms with E-state index in [2.05, 4.69) is 67.2 Å². The number of fused-ring (bicyclic) bond motifs is 2. The molecule has 0 bridgehead atoms. The summed E-state index contributed by atoms with van der Waals surface area (Å²) in [7, 11) is 0.170. The van der Waals surface area contributed by atoms with Gasteiger partial charge in [-0.15, -0.1) is 0 Å². The summed E-state index contributed by atoms with van der Waals surface area (Å²) >= 11 is 0. The molecule has 56 heavy (non-hydrogen) atoms. The predicted octanol–water partition coefficient (Wildman–Crippen LogP) is 8.32. The van der Waals surface area contributed by atoms with Gasteiger partial charge in [0.05, 0.1) is 36.5 Å². The molecule has 0 unspecified atom stereocenters. The number of esters is 1. The lowest BCUT2D eigenvalue weighted by Gasteiger charge is -2.37. The maximum Gasteiger partial charge on any atom is 0.337 e. The lowest BCUT2D eigenvalue weighted by Crippen LogP contribution is -2.51. The molecule has 10 nitrogen and oxygen atoms in total. The molecule has 2 aliphatic heterocycles. The van der Waals surface area contributed by atoms with E-state index in [0.29, 0.717) is 38.3 Å². The Balaban J connectivity index is 1.29. The average molecular weight is 775 g/mol. The van der Waals surface area contributed by atoms with Gasteiger partial charge in [0.15, 0.2) is 5.79 Å². The molecule has 0 radical (unpaired) electrons. The molecule has 3 heterocycles.